The predicted octanol–water partition coefficient (Wildman–Crippen LogP) is 3.46. The van der Waals surface area contributed by atoms with Gasteiger partial charge in [0.1, 0.15) is 3.23 Å². The number of alkyl halides is 2. The first kappa shape index (κ1) is 9.69. The molecular weight excluding hydrogens is 296 g/mol. The largest absolute Gasteiger partial charge is 0.371 e. The molecule has 1 saturated carbocycles. The topological polar surface area (TPSA) is 9.23 Å². The van der Waals surface area contributed by atoms with Gasteiger partial charge in [0.05, 0.1) is 12.7 Å². The van der Waals surface area contributed by atoms with Crippen molar-refractivity contribution < 1.29 is 4.74 Å². The summed E-state index contributed by atoms with van der Waals surface area (Å²) >= 11 is 7.04. The van der Waals surface area contributed by atoms with Gasteiger partial charge in [-0.3, -0.25) is 0 Å². The van der Waals surface area contributed by atoms with Crippen LogP contribution in [0.1, 0.15) is 12.0 Å². The second-order valence-electron chi connectivity index (χ2n) is 3.25. The van der Waals surface area contributed by atoms with Crippen LogP contribution >= 0.6 is 31.9 Å². The Hall–Kier alpha value is 0.140. The van der Waals surface area contributed by atoms with Crippen molar-refractivity contribution in [3.63, 3.8) is 0 Å². The Kier molecular flexibility index (Phi) is 2.77. The Bertz CT molecular complexity index is 284. The zero-order chi connectivity index (χ0) is 9.31. The monoisotopic (exact) mass is 304 g/mol. The molecule has 0 saturated heterocycles. The van der Waals surface area contributed by atoms with Crippen molar-refractivity contribution in [2.24, 2.45) is 0 Å². The molecule has 1 fully saturated rings. The SMILES string of the molecule is BrC1(Br)CC1OCc1ccccc1. The number of benzene rings is 1. The van der Waals surface area contributed by atoms with Gasteiger partial charge >= 0.3 is 0 Å². The lowest BCUT2D eigenvalue weighted by atomic mass is 10.2. The summed E-state index contributed by atoms with van der Waals surface area (Å²) in [5.74, 6) is 0. The van der Waals surface area contributed by atoms with Crippen molar-refractivity contribution in [1.29, 1.82) is 0 Å². The molecule has 0 aromatic heterocycles. The van der Waals surface area contributed by atoms with E-state index < -0.39 is 0 Å². The van der Waals surface area contributed by atoms with Crippen LogP contribution in [0.2, 0.25) is 0 Å². The molecule has 1 atom stereocenters. The molecule has 0 bridgehead atoms. The maximum atomic E-state index is 5.66. The highest BCUT2D eigenvalue weighted by atomic mass is 79.9. The quantitative estimate of drug-likeness (QED) is 0.777. The summed E-state index contributed by atoms with van der Waals surface area (Å²) in [4.78, 5) is 0. The molecule has 1 aromatic rings. The van der Waals surface area contributed by atoms with Gasteiger partial charge in [-0.05, 0) is 5.56 Å². The maximum Gasteiger partial charge on any atom is 0.109 e. The molecule has 1 nitrogen and oxygen atoms in total. The Morgan fingerprint density at radius 2 is 1.92 bits per heavy atom. The summed E-state index contributed by atoms with van der Waals surface area (Å²) in [6, 6.07) is 10.2. The Morgan fingerprint density at radius 3 is 2.46 bits per heavy atom. The lowest BCUT2D eigenvalue weighted by molar-refractivity contribution is 0.106. The van der Waals surface area contributed by atoms with Crippen molar-refractivity contribution >= 4 is 31.9 Å². The van der Waals surface area contributed by atoms with E-state index in [9.17, 15) is 0 Å². The van der Waals surface area contributed by atoms with E-state index in [2.05, 4.69) is 44.0 Å². The number of halogens is 2. The lowest BCUT2D eigenvalue weighted by Crippen LogP contribution is -2.01. The molecule has 13 heavy (non-hydrogen) atoms. The minimum Gasteiger partial charge on any atom is -0.371 e. The van der Waals surface area contributed by atoms with E-state index >= 15 is 0 Å². The van der Waals surface area contributed by atoms with Crippen LogP contribution in [0.25, 0.3) is 0 Å². The van der Waals surface area contributed by atoms with Gasteiger partial charge in [0.15, 0.2) is 0 Å². The molecule has 1 aliphatic rings. The molecule has 0 N–H and O–H groups in total. The summed E-state index contributed by atoms with van der Waals surface area (Å²) in [5.41, 5.74) is 1.23. The molecule has 2 rings (SSSR count). The summed E-state index contributed by atoms with van der Waals surface area (Å²) in [5, 5.41) is 0. The summed E-state index contributed by atoms with van der Waals surface area (Å²) < 4.78 is 5.71. The molecule has 1 aliphatic carbocycles. The van der Waals surface area contributed by atoms with Crippen molar-refractivity contribution in [2.45, 2.75) is 22.4 Å². The fourth-order valence-electron chi connectivity index (χ4n) is 1.14. The standard InChI is InChI=1S/C10H10Br2O/c11-10(12)6-9(10)13-7-8-4-2-1-3-5-8/h1-5,9H,6-7H2. The van der Waals surface area contributed by atoms with Gasteiger partial charge in [0.2, 0.25) is 0 Å². The average molecular weight is 306 g/mol. The predicted molar refractivity (Wildman–Crippen MR) is 60.2 cm³/mol. The second kappa shape index (κ2) is 3.71. The number of hydrogen-bond donors (Lipinski definition) is 0. The average Bonchev–Trinajstić information content (AvgIpc) is 2.73. The van der Waals surface area contributed by atoms with E-state index in [0.29, 0.717) is 12.7 Å². The summed E-state index contributed by atoms with van der Waals surface area (Å²) in [6.45, 7) is 0.699. The fraction of sp³-hybridized carbons (Fsp3) is 0.400. The van der Waals surface area contributed by atoms with Crippen LogP contribution in [0.15, 0.2) is 30.3 Å². The third-order valence-electron chi connectivity index (χ3n) is 2.06. The van der Waals surface area contributed by atoms with Gasteiger partial charge in [-0.15, -0.1) is 0 Å². The summed E-state index contributed by atoms with van der Waals surface area (Å²) in [6.07, 6.45) is 1.35. The normalized spacial score (nSPS) is 24.3. The number of ether oxygens (including phenoxy) is 1. The Morgan fingerprint density at radius 1 is 1.31 bits per heavy atom. The van der Waals surface area contributed by atoms with Gasteiger partial charge < -0.3 is 4.74 Å². The highest BCUT2D eigenvalue weighted by Crippen LogP contribution is 2.52. The molecule has 70 valence electrons. The van der Waals surface area contributed by atoms with E-state index in [4.69, 9.17) is 4.74 Å². The van der Waals surface area contributed by atoms with E-state index in [0.717, 1.165) is 6.42 Å². The first-order valence-electron chi connectivity index (χ1n) is 4.22. The highest BCUT2D eigenvalue weighted by Gasteiger charge is 2.51. The Labute approximate surface area is 94.7 Å². The van der Waals surface area contributed by atoms with Gasteiger partial charge in [0, 0.05) is 6.42 Å². The van der Waals surface area contributed by atoms with Crippen LogP contribution in [0.4, 0.5) is 0 Å². The van der Waals surface area contributed by atoms with Crippen LogP contribution in [-0.4, -0.2) is 9.34 Å². The lowest BCUT2D eigenvalue weighted by Gasteiger charge is -2.03. The third kappa shape index (κ3) is 2.55. The molecule has 3 heteroatoms. The number of rotatable bonds is 3. The van der Waals surface area contributed by atoms with Crippen LogP contribution in [0, 0.1) is 0 Å². The molecular formula is C10H10Br2O. The molecule has 1 unspecified atom stereocenters. The van der Waals surface area contributed by atoms with Crippen molar-refractivity contribution in [3.8, 4) is 0 Å². The van der Waals surface area contributed by atoms with E-state index in [-0.39, 0.29) is 3.23 Å². The smallest absolute Gasteiger partial charge is 0.109 e. The minimum atomic E-state index is 0.0504. The fourth-order valence-corrected chi connectivity index (χ4v) is 1.99. The maximum absolute atomic E-state index is 5.66. The van der Waals surface area contributed by atoms with Crippen molar-refractivity contribution in [1.82, 2.24) is 0 Å². The molecule has 0 aliphatic heterocycles. The zero-order valence-electron chi connectivity index (χ0n) is 7.04. The van der Waals surface area contributed by atoms with Crippen molar-refractivity contribution in [3.05, 3.63) is 35.9 Å². The third-order valence-corrected chi connectivity index (χ3v) is 3.73. The first-order valence-corrected chi connectivity index (χ1v) is 5.80. The van der Waals surface area contributed by atoms with Gasteiger partial charge in [0.25, 0.3) is 0 Å². The van der Waals surface area contributed by atoms with Crippen LogP contribution in [0.5, 0.6) is 0 Å². The molecule has 0 spiro atoms. The zero-order valence-corrected chi connectivity index (χ0v) is 10.2. The van der Waals surface area contributed by atoms with Gasteiger partial charge in [-0.1, -0.05) is 62.2 Å². The van der Waals surface area contributed by atoms with Gasteiger partial charge in [-0.2, -0.15) is 0 Å². The minimum absolute atomic E-state index is 0.0504. The van der Waals surface area contributed by atoms with Crippen LogP contribution in [0.3, 0.4) is 0 Å². The molecule has 0 radical (unpaired) electrons. The van der Waals surface area contributed by atoms with E-state index in [1.165, 1.54) is 5.56 Å². The molecule has 0 amide bonds. The number of hydrogen-bond acceptors (Lipinski definition) is 1. The van der Waals surface area contributed by atoms with Crippen molar-refractivity contribution in [2.75, 3.05) is 0 Å². The first-order chi connectivity index (χ1) is 6.18. The van der Waals surface area contributed by atoms with Gasteiger partial charge in [-0.25, -0.2) is 0 Å². The Balaban J connectivity index is 1.82. The molecule has 1 aromatic carbocycles. The van der Waals surface area contributed by atoms with Crippen LogP contribution in [-0.2, 0) is 11.3 Å². The van der Waals surface area contributed by atoms with Crippen LogP contribution < -0.4 is 0 Å². The highest BCUT2D eigenvalue weighted by molar-refractivity contribution is 9.25. The van der Waals surface area contributed by atoms with E-state index in [1.807, 2.05) is 18.2 Å². The molecule has 0 heterocycles. The summed E-state index contributed by atoms with van der Waals surface area (Å²) in [7, 11) is 0. The van der Waals surface area contributed by atoms with E-state index in [1.54, 1.807) is 0 Å². The second-order valence-corrected chi connectivity index (χ2v) is 7.14.